The van der Waals surface area contributed by atoms with Crippen molar-refractivity contribution >= 4 is 16.3 Å². The average molecular weight is 264 g/mol. The Balaban J connectivity index is 2.10. The molecule has 3 rings (SSSR count). The summed E-state index contributed by atoms with van der Waals surface area (Å²) < 4.78 is 1.42. The summed E-state index contributed by atoms with van der Waals surface area (Å²) in [7, 11) is 0. The summed E-state index contributed by atoms with van der Waals surface area (Å²) in [6.07, 6.45) is 2.26. The number of aromatic nitrogens is 3. The van der Waals surface area contributed by atoms with Gasteiger partial charge in [0.25, 0.3) is 5.56 Å². The minimum absolute atomic E-state index is 0.0794. The second-order valence-electron chi connectivity index (χ2n) is 4.96. The largest absolute Gasteiger partial charge is 0.308 e. The zero-order valence-electron chi connectivity index (χ0n) is 10.5. The van der Waals surface area contributed by atoms with Crippen LogP contribution in [-0.4, -0.2) is 21.1 Å². The SMILES string of the molecule is CC(C)c1cc(=O)n2nc(C3CCCN3)sc2n1. The van der Waals surface area contributed by atoms with E-state index in [9.17, 15) is 4.79 Å². The highest BCUT2D eigenvalue weighted by atomic mass is 32.1. The summed E-state index contributed by atoms with van der Waals surface area (Å²) in [5, 5.41) is 8.76. The number of rotatable bonds is 2. The van der Waals surface area contributed by atoms with E-state index in [1.165, 1.54) is 22.3 Å². The Kier molecular flexibility index (Phi) is 2.91. The first kappa shape index (κ1) is 11.8. The molecular formula is C12H16N4OS. The Bertz CT molecular complexity index is 625. The van der Waals surface area contributed by atoms with Crippen LogP contribution in [0.2, 0.25) is 0 Å². The summed E-state index contributed by atoms with van der Waals surface area (Å²) in [4.78, 5) is 17.2. The fraction of sp³-hybridized carbons (Fsp3) is 0.583. The van der Waals surface area contributed by atoms with Crippen LogP contribution in [0, 0.1) is 0 Å². The zero-order valence-corrected chi connectivity index (χ0v) is 11.3. The molecule has 1 N–H and O–H groups in total. The van der Waals surface area contributed by atoms with Crippen molar-refractivity contribution in [1.29, 1.82) is 0 Å². The maximum atomic E-state index is 12.0. The Hall–Kier alpha value is -1.27. The van der Waals surface area contributed by atoms with Gasteiger partial charge in [0.15, 0.2) is 0 Å². The standard InChI is InChI=1S/C12H16N4OS/c1-7(2)9-6-10(17)16-12(14-9)18-11(15-16)8-4-3-5-13-8/h6-8,13H,3-5H2,1-2H3. The van der Waals surface area contributed by atoms with Crippen molar-refractivity contribution in [1.82, 2.24) is 19.9 Å². The van der Waals surface area contributed by atoms with Gasteiger partial charge >= 0.3 is 0 Å². The Morgan fingerprint density at radius 2 is 2.39 bits per heavy atom. The smallest absolute Gasteiger partial charge is 0.275 e. The molecule has 2 aromatic rings. The van der Waals surface area contributed by atoms with Gasteiger partial charge in [0, 0.05) is 6.07 Å². The molecule has 0 aromatic carbocycles. The molecule has 0 saturated carbocycles. The van der Waals surface area contributed by atoms with Gasteiger partial charge < -0.3 is 5.32 Å². The molecule has 5 nitrogen and oxygen atoms in total. The van der Waals surface area contributed by atoms with Gasteiger partial charge in [0.05, 0.1) is 11.7 Å². The van der Waals surface area contributed by atoms with Crippen molar-refractivity contribution in [3.8, 4) is 0 Å². The lowest BCUT2D eigenvalue weighted by atomic mass is 10.1. The molecule has 0 bridgehead atoms. The number of nitrogens with one attached hydrogen (secondary N) is 1. The third kappa shape index (κ3) is 1.95. The minimum atomic E-state index is -0.0794. The fourth-order valence-corrected chi connectivity index (χ4v) is 3.20. The van der Waals surface area contributed by atoms with E-state index in [1.807, 2.05) is 13.8 Å². The van der Waals surface area contributed by atoms with Crippen molar-refractivity contribution in [2.24, 2.45) is 0 Å². The predicted molar refractivity (Wildman–Crippen MR) is 71.2 cm³/mol. The van der Waals surface area contributed by atoms with Gasteiger partial charge in [-0.2, -0.15) is 9.61 Å². The minimum Gasteiger partial charge on any atom is -0.308 e. The monoisotopic (exact) mass is 264 g/mol. The van der Waals surface area contributed by atoms with Gasteiger partial charge in [-0.1, -0.05) is 25.2 Å². The van der Waals surface area contributed by atoms with Gasteiger partial charge in [-0.05, 0) is 25.3 Å². The fourth-order valence-electron chi connectivity index (χ4n) is 2.17. The van der Waals surface area contributed by atoms with Gasteiger partial charge in [0.1, 0.15) is 5.01 Å². The van der Waals surface area contributed by atoms with Crippen LogP contribution >= 0.6 is 11.3 Å². The van der Waals surface area contributed by atoms with Crippen LogP contribution in [0.5, 0.6) is 0 Å². The summed E-state index contributed by atoms with van der Waals surface area (Å²) in [5.41, 5.74) is 0.763. The number of hydrogen-bond acceptors (Lipinski definition) is 5. The molecule has 0 spiro atoms. The molecule has 1 unspecified atom stereocenters. The maximum Gasteiger partial charge on any atom is 0.275 e. The first-order chi connectivity index (χ1) is 8.65. The van der Waals surface area contributed by atoms with Crippen LogP contribution in [0.1, 0.15) is 49.4 Å². The lowest BCUT2D eigenvalue weighted by Crippen LogP contribution is -2.17. The van der Waals surface area contributed by atoms with Crippen molar-refractivity contribution < 1.29 is 0 Å². The van der Waals surface area contributed by atoms with Crippen LogP contribution < -0.4 is 10.9 Å². The molecule has 1 aliphatic rings. The number of fused-ring (bicyclic) bond motifs is 1. The van der Waals surface area contributed by atoms with Crippen LogP contribution in [0.15, 0.2) is 10.9 Å². The van der Waals surface area contributed by atoms with Gasteiger partial charge in [-0.25, -0.2) is 4.98 Å². The molecule has 0 amide bonds. The molecule has 6 heteroatoms. The van der Waals surface area contributed by atoms with E-state index in [-0.39, 0.29) is 11.5 Å². The third-order valence-electron chi connectivity index (χ3n) is 3.23. The van der Waals surface area contributed by atoms with Crippen molar-refractivity contribution in [3.05, 3.63) is 27.1 Å². The summed E-state index contributed by atoms with van der Waals surface area (Å²) in [5.74, 6) is 0.262. The molecule has 1 atom stereocenters. The topological polar surface area (TPSA) is 59.3 Å². The first-order valence-electron chi connectivity index (χ1n) is 6.29. The third-order valence-corrected chi connectivity index (χ3v) is 4.25. The average Bonchev–Trinajstić information content (AvgIpc) is 2.96. The summed E-state index contributed by atoms with van der Waals surface area (Å²) in [6.45, 7) is 5.11. The zero-order chi connectivity index (χ0) is 12.7. The van der Waals surface area contributed by atoms with Crippen molar-refractivity contribution in [2.45, 2.75) is 38.6 Å². The second kappa shape index (κ2) is 4.44. The Morgan fingerprint density at radius 3 is 3.06 bits per heavy atom. The van der Waals surface area contributed by atoms with E-state index in [4.69, 9.17) is 0 Å². The molecule has 3 heterocycles. The second-order valence-corrected chi connectivity index (χ2v) is 5.95. The number of hydrogen-bond donors (Lipinski definition) is 1. The molecule has 0 radical (unpaired) electrons. The molecule has 96 valence electrons. The van der Waals surface area contributed by atoms with E-state index in [0.29, 0.717) is 11.0 Å². The van der Waals surface area contributed by atoms with Gasteiger partial charge in [-0.3, -0.25) is 4.79 Å². The first-order valence-corrected chi connectivity index (χ1v) is 7.11. The Labute approximate surface area is 109 Å². The maximum absolute atomic E-state index is 12.0. The summed E-state index contributed by atoms with van der Waals surface area (Å²) >= 11 is 1.52. The van der Waals surface area contributed by atoms with Crippen LogP contribution in [-0.2, 0) is 0 Å². The molecule has 1 fully saturated rings. The molecule has 0 aliphatic carbocycles. The highest BCUT2D eigenvalue weighted by Crippen LogP contribution is 2.26. The lowest BCUT2D eigenvalue weighted by molar-refractivity contribution is 0.627. The molecule has 1 saturated heterocycles. The normalized spacial score (nSPS) is 20.1. The highest BCUT2D eigenvalue weighted by Gasteiger charge is 2.21. The molecule has 1 aliphatic heterocycles. The van der Waals surface area contributed by atoms with Gasteiger partial charge in [-0.15, -0.1) is 0 Å². The predicted octanol–water partition coefficient (Wildman–Crippen LogP) is 1.70. The van der Waals surface area contributed by atoms with E-state index >= 15 is 0 Å². The van der Waals surface area contributed by atoms with Crippen LogP contribution in [0.25, 0.3) is 4.96 Å². The van der Waals surface area contributed by atoms with Crippen LogP contribution in [0.4, 0.5) is 0 Å². The van der Waals surface area contributed by atoms with Crippen molar-refractivity contribution in [3.63, 3.8) is 0 Å². The number of nitrogens with zero attached hydrogens (tertiary/aromatic N) is 3. The summed E-state index contributed by atoms with van der Waals surface area (Å²) in [6, 6.07) is 1.88. The van der Waals surface area contributed by atoms with Crippen LogP contribution in [0.3, 0.4) is 0 Å². The molecular weight excluding hydrogens is 248 g/mol. The Morgan fingerprint density at radius 1 is 1.56 bits per heavy atom. The lowest BCUT2D eigenvalue weighted by Gasteiger charge is -2.02. The molecule has 18 heavy (non-hydrogen) atoms. The van der Waals surface area contributed by atoms with Crippen molar-refractivity contribution in [2.75, 3.05) is 6.54 Å². The van der Waals surface area contributed by atoms with E-state index in [2.05, 4.69) is 15.4 Å². The van der Waals surface area contributed by atoms with E-state index < -0.39 is 0 Å². The quantitative estimate of drug-likeness (QED) is 0.897. The van der Waals surface area contributed by atoms with E-state index in [0.717, 1.165) is 23.7 Å². The molecule has 2 aromatic heterocycles. The highest BCUT2D eigenvalue weighted by molar-refractivity contribution is 7.16. The van der Waals surface area contributed by atoms with E-state index in [1.54, 1.807) is 6.07 Å². The van der Waals surface area contributed by atoms with Gasteiger partial charge in [0.2, 0.25) is 4.96 Å².